The summed E-state index contributed by atoms with van der Waals surface area (Å²) in [6.07, 6.45) is 4.44. The second-order valence-electron chi connectivity index (χ2n) is 4.69. The van der Waals surface area contributed by atoms with Crippen LogP contribution in [-0.2, 0) is 11.8 Å². The van der Waals surface area contributed by atoms with Gasteiger partial charge >= 0.3 is 5.97 Å². The lowest BCUT2D eigenvalue weighted by atomic mass is 10.2. The Morgan fingerprint density at radius 3 is 2.91 bits per heavy atom. The minimum absolute atomic E-state index is 0.0554. The summed E-state index contributed by atoms with van der Waals surface area (Å²) in [5.74, 6) is -0.384. The third kappa shape index (κ3) is 3.03. The van der Waals surface area contributed by atoms with E-state index in [1.807, 2.05) is 6.92 Å². The molecule has 2 aromatic rings. The molecule has 0 fully saturated rings. The zero-order valence-corrected chi connectivity index (χ0v) is 12.8. The fraction of sp³-hybridized carbons (Fsp3) is 0.400. The summed E-state index contributed by atoms with van der Waals surface area (Å²) in [4.78, 5) is 28.1. The maximum Gasteiger partial charge on any atom is 0.357 e. The van der Waals surface area contributed by atoms with E-state index in [4.69, 9.17) is 13.9 Å². The van der Waals surface area contributed by atoms with Crippen LogP contribution >= 0.6 is 0 Å². The lowest BCUT2D eigenvalue weighted by Gasteiger charge is -2.09. The molecule has 7 nitrogen and oxygen atoms in total. The van der Waals surface area contributed by atoms with Gasteiger partial charge in [-0.25, -0.2) is 9.78 Å². The molecule has 2 rings (SSSR count). The summed E-state index contributed by atoms with van der Waals surface area (Å²) in [5, 5.41) is 0. The average Bonchev–Trinajstić information content (AvgIpc) is 2.90. The topological polar surface area (TPSA) is 83.6 Å². The van der Waals surface area contributed by atoms with Crippen LogP contribution < -0.4 is 10.2 Å². The van der Waals surface area contributed by atoms with Crippen molar-refractivity contribution < 1.29 is 18.7 Å². The Kier molecular flexibility index (Phi) is 4.98. The van der Waals surface area contributed by atoms with Crippen molar-refractivity contribution in [3.63, 3.8) is 0 Å². The molecule has 0 aliphatic carbocycles. The summed E-state index contributed by atoms with van der Waals surface area (Å²) in [5.41, 5.74) is 0.0922. The van der Waals surface area contributed by atoms with Crippen LogP contribution in [0.3, 0.4) is 0 Å². The fourth-order valence-corrected chi connectivity index (χ4v) is 1.96. The predicted molar refractivity (Wildman–Crippen MR) is 78.9 cm³/mol. The molecule has 0 unspecified atom stereocenters. The number of esters is 1. The first-order valence-corrected chi connectivity index (χ1v) is 6.94. The van der Waals surface area contributed by atoms with Crippen molar-refractivity contribution in [1.82, 2.24) is 9.55 Å². The standard InChI is InChI=1S/C15H18N2O5/c1-4-5-7-21-13-10(18)6-8-22-14(13)11-12(15(19)20-3)17(2)9-16-11/h6,8-9H,4-5,7H2,1-3H3. The Bertz CT molecular complexity index is 717. The third-order valence-electron chi connectivity index (χ3n) is 3.11. The Morgan fingerprint density at radius 2 is 2.23 bits per heavy atom. The lowest BCUT2D eigenvalue weighted by Crippen LogP contribution is -2.12. The number of hydrogen-bond acceptors (Lipinski definition) is 6. The molecule has 0 aromatic carbocycles. The summed E-state index contributed by atoms with van der Waals surface area (Å²) >= 11 is 0. The highest BCUT2D eigenvalue weighted by molar-refractivity contribution is 5.94. The van der Waals surface area contributed by atoms with Gasteiger partial charge in [0.1, 0.15) is 5.69 Å². The summed E-state index contributed by atoms with van der Waals surface area (Å²) < 4.78 is 17.2. The molecule has 0 bridgehead atoms. The minimum Gasteiger partial charge on any atom is -0.486 e. The number of hydrogen-bond donors (Lipinski definition) is 0. The number of unbranched alkanes of at least 4 members (excludes halogenated alkanes) is 1. The average molecular weight is 306 g/mol. The molecule has 0 radical (unpaired) electrons. The van der Waals surface area contributed by atoms with Crippen molar-refractivity contribution in [2.45, 2.75) is 19.8 Å². The van der Waals surface area contributed by atoms with Gasteiger partial charge in [0.05, 0.1) is 26.3 Å². The Hall–Kier alpha value is -2.57. The molecule has 0 atom stereocenters. The maximum atomic E-state index is 12.0. The van der Waals surface area contributed by atoms with Crippen molar-refractivity contribution in [2.75, 3.05) is 13.7 Å². The van der Waals surface area contributed by atoms with Gasteiger partial charge in [0.2, 0.25) is 16.9 Å². The van der Waals surface area contributed by atoms with Crippen LogP contribution in [0.2, 0.25) is 0 Å². The minimum atomic E-state index is -0.569. The summed E-state index contributed by atoms with van der Waals surface area (Å²) in [6, 6.07) is 1.27. The Morgan fingerprint density at radius 1 is 1.45 bits per heavy atom. The fourth-order valence-electron chi connectivity index (χ4n) is 1.96. The van der Waals surface area contributed by atoms with E-state index < -0.39 is 5.97 Å². The lowest BCUT2D eigenvalue weighted by molar-refractivity contribution is 0.0590. The predicted octanol–water partition coefficient (Wildman–Crippen LogP) is 2.01. The van der Waals surface area contributed by atoms with Crippen LogP contribution in [0.15, 0.2) is 27.9 Å². The van der Waals surface area contributed by atoms with Gasteiger partial charge in [-0.2, -0.15) is 0 Å². The largest absolute Gasteiger partial charge is 0.486 e. The molecule has 7 heteroatoms. The van der Waals surface area contributed by atoms with Gasteiger partial charge in [-0.1, -0.05) is 13.3 Å². The van der Waals surface area contributed by atoms with Crippen molar-refractivity contribution in [3.8, 4) is 17.2 Å². The van der Waals surface area contributed by atoms with Gasteiger partial charge in [-0.3, -0.25) is 4.79 Å². The van der Waals surface area contributed by atoms with Crippen molar-refractivity contribution in [1.29, 1.82) is 0 Å². The first-order chi connectivity index (χ1) is 10.6. The molecule has 0 amide bonds. The van der Waals surface area contributed by atoms with Gasteiger partial charge in [0.15, 0.2) is 5.69 Å². The van der Waals surface area contributed by atoms with Gasteiger partial charge in [-0.05, 0) is 6.42 Å². The van der Waals surface area contributed by atoms with Crippen molar-refractivity contribution in [3.05, 3.63) is 34.6 Å². The van der Waals surface area contributed by atoms with E-state index in [0.717, 1.165) is 12.8 Å². The van der Waals surface area contributed by atoms with Gasteiger partial charge in [0.25, 0.3) is 0 Å². The zero-order chi connectivity index (χ0) is 16.1. The Labute approximate surface area is 127 Å². The molecule has 0 saturated carbocycles. The monoisotopic (exact) mass is 306 g/mol. The third-order valence-corrected chi connectivity index (χ3v) is 3.11. The van der Waals surface area contributed by atoms with E-state index in [0.29, 0.717) is 6.61 Å². The van der Waals surface area contributed by atoms with Crippen molar-refractivity contribution in [2.24, 2.45) is 7.05 Å². The normalized spacial score (nSPS) is 10.5. The van der Waals surface area contributed by atoms with E-state index in [9.17, 15) is 9.59 Å². The van der Waals surface area contributed by atoms with Crippen LogP contribution in [0, 0.1) is 0 Å². The molecular formula is C15H18N2O5. The number of aromatic nitrogens is 2. The second-order valence-corrected chi connectivity index (χ2v) is 4.69. The van der Waals surface area contributed by atoms with Crippen LogP contribution in [0.1, 0.15) is 30.3 Å². The SMILES string of the molecule is CCCCOc1c(-c2ncn(C)c2C(=O)OC)occc1=O. The number of nitrogens with zero attached hydrogens (tertiary/aromatic N) is 2. The van der Waals surface area contributed by atoms with Crippen LogP contribution in [-0.4, -0.2) is 29.2 Å². The van der Waals surface area contributed by atoms with E-state index in [1.54, 1.807) is 7.05 Å². The number of aryl methyl sites for hydroxylation is 1. The first kappa shape index (κ1) is 15.8. The Balaban J connectivity index is 2.51. The highest BCUT2D eigenvalue weighted by Gasteiger charge is 2.25. The molecule has 118 valence electrons. The summed E-state index contributed by atoms with van der Waals surface area (Å²) in [7, 11) is 2.93. The second kappa shape index (κ2) is 6.93. The molecular weight excluding hydrogens is 288 g/mol. The summed E-state index contributed by atoms with van der Waals surface area (Å²) in [6.45, 7) is 2.41. The highest BCUT2D eigenvalue weighted by Crippen LogP contribution is 2.29. The molecule has 0 spiro atoms. The van der Waals surface area contributed by atoms with Crippen LogP contribution in [0.5, 0.6) is 5.75 Å². The van der Waals surface area contributed by atoms with E-state index in [1.165, 1.54) is 30.3 Å². The quantitative estimate of drug-likeness (QED) is 0.599. The van der Waals surface area contributed by atoms with E-state index in [2.05, 4.69) is 4.98 Å². The smallest absolute Gasteiger partial charge is 0.357 e. The number of rotatable bonds is 6. The maximum absolute atomic E-state index is 12.0. The molecule has 0 saturated heterocycles. The molecule has 2 heterocycles. The molecule has 0 aliphatic rings. The molecule has 22 heavy (non-hydrogen) atoms. The van der Waals surface area contributed by atoms with E-state index >= 15 is 0 Å². The number of imidazole rings is 1. The molecule has 0 N–H and O–H groups in total. The van der Waals surface area contributed by atoms with Crippen LogP contribution in [0.4, 0.5) is 0 Å². The number of ether oxygens (including phenoxy) is 2. The van der Waals surface area contributed by atoms with Gasteiger partial charge < -0.3 is 18.5 Å². The zero-order valence-electron chi connectivity index (χ0n) is 12.8. The molecule has 0 aliphatic heterocycles. The van der Waals surface area contributed by atoms with Crippen molar-refractivity contribution >= 4 is 5.97 Å². The number of carbonyl (C=O) groups excluding carboxylic acids is 1. The van der Waals surface area contributed by atoms with E-state index in [-0.39, 0.29) is 28.3 Å². The first-order valence-electron chi connectivity index (χ1n) is 6.94. The number of carbonyl (C=O) groups is 1. The van der Waals surface area contributed by atoms with Gasteiger partial charge in [0, 0.05) is 13.1 Å². The molecule has 2 aromatic heterocycles. The van der Waals surface area contributed by atoms with Gasteiger partial charge in [-0.15, -0.1) is 0 Å². The highest BCUT2D eigenvalue weighted by atomic mass is 16.5. The van der Waals surface area contributed by atoms with Crippen LogP contribution in [0.25, 0.3) is 11.5 Å². The number of methoxy groups -OCH3 is 1.